The van der Waals surface area contributed by atoms with Crippen molar-refractivity contribution in [3.8, 4) is 0 Å². The van der Waals surface area contributed by atoms with E-state index in [0.29, 0.717) is 11.6 Å². The van der Waals surface area contributed by atoms with Crippen LogP contribution in [0.25, 0.3) is 0 Å². The number of carboxylic acid groups (broad SMARTS) is 1. The normalized spacial score (nSPS) is 19.8. The lowest BCUT2D eigenvalue weighted by molar-refractivity contribution is 0.0696. The number of carbonyl (C=O) groups is 1. The fourth-order valence-corrected chi connectivity index (χ4v) is 2.44. The Bertz CT molecular complexity index is 491. The summed E-state index contributed by atoms with van der Waals surface area (Å²) in [5.74, 6) is -0.0872. The van der Waals surface area contributed by atoms with E-state index in [9.17, 15) is 9.90 Å². The van der Waals surface area contributed by atoms with E-state index in [1.54, 1.807) is 12.1 Å². The molecule has 0 aromatic carbocycles. The van der Waals surface area contributed by atoms with Crippen LogP contribution < -0.4 is 4.90 Å². The van der Waals surface area contributed by atoms with E-state index in [1.165, 1.54) is 0 Å². The van der Waals surface area contributed by atoms with Gasteiger partial charge in [-0.15, -0.1) is 0 Å². The number of aromatic nitrogens is 1. The Morgan fingerprint density at radius 3 is 2.58 bits per heavy atom. The zero-order valence-corrected chi connectivity index (χ0v) is 12.1. The Hall–Kier alpha value is -1.58. The fraction of sp³-hybridized carbons (Fsp3) is 0.600. The number of anilines is 1. The highest BCUT2D eigenvalue weighted by Crippen LogP contribution is 2.28. The highest BCUT2D eigenvalue weighted by Gasteiger charge is 2.25. The molecule has 4 nitrogen and oxygen atoms in total. The summed E-state index contributed by atoms with van der Waals surface area (Å²) >= 11 is 0. The molecular formula is C15H22N2O2. The average molecular weight is 262 g/mol. The monoisotopic (exact) mass is 262 g/mol. The molecule has 1 atom stereocenters. The molecule has 1 aromatic heterocycles. The van der Waals surface area contributed by atoms with Crippen molar-refractivity contribution in [1.29, 1.82) is 0 Å². The molecule has 1 N–H and O–H groups in total. The number of hydrogen-bond donors (Lipinski definition) is 1. The van der Waals surface area contributed by atoms with Crippen molar-refractivity contribution < 1.29 is 9.90 Å². The van der Waals surface area contributed by atoms with Crippen LogP contribution in [0.3, 0.4) is 0 Å². The van der Waals surface area contributed by atoms with Crippen molar-refractivity contribution in [3.05, 3.63) is 23.4 Å². The highest BCUT2D eigenvalue weighted by atomic mass is 16.4. The minimum atomic E-state index is -0.888. The van der Waals surface area contributed by atoms with Crippen LogP contribution in [-0.2, 0) is 5.41 Å². The van der Waals surface area contributed by atoms with E-state index in [4.69, 9.17) is 0 Å². The molecule has 0 amide bonds. The Morgan fingerprint density at radius 1 is 1.42 bits per heavy atom. The number of aromatic carboxylic acids is 1. The van der Waals surface area contributed by atoms with Crippen molar-refractivity contribution in [2.24, 2.45) is 0 Å². The van der Waals surface area contributed by atoms with Gasteiger partial charge in [0.25, 0.3) is 0 Å². The van der Waals surface area contributed by atoms with Gasteiger partial charge < -0.3 is 10.0 Å². The summed E-state index contributed by atoms with van der Waals surface area (Å²) in [6, 6.07) is 3.82. The maximum absolute atomic E-state index is 11.3. The van der Waals surface area contributed by atoms with Gasteiger partial charge >= 0.3 is 5.97 Å². The average Bonchev–Trinajstić information content (AvgIpc) is 2.73. The second-order valence-corrected chi connectivity index (χ2v) is 6.34. The molecule has 1 aromatic rings. The number of pyridine rings is 1. The molecule has 19 heavy (non-hydrogen) atoms. The molecule has 1 unspecified atom stereocenters. The van der Waals surface area contributed by atoms with Crippen LogP contribution in [0.1, 0.15) is 56.6 Å². The lowest BCUT2D eigenvalue weighted by Crippen LogP contribution is -2.28. The van der Waals surface area contributed by atoms with E-state index >= 15 is 0 Å². The molecule has 1 fully saturated rings. The first-order chi connectivity index (χ1) is 8.79. The van der Waals surface area contributed by atoms with Crippen LogP contribution in [0.15, 0.2) is 12.1 Å². The first-order valence-corrected chi connectivity index (χ1v) is 6.81. The standard InChI is InChI=1S/C15H22N2O2/c1-10-6-5-7-17(10)13-9-11(14(18)19)8-12(16-13)15(2,3)4/h8-10H,5-7H2,1-4H3,(H,18,19). The molecule has 1 aliphatic rings. The molecule has 0 spiro atoms. The smallest absolute Gasteiger partial charge is 0.335 e. The van der Waals surface area contributed by atoms with Crippen LogP contribution in [0.2, 0.25) is 0 Å². The predicted molar refractivity (Wildman–Crippen MR) is 75.9 cm³/mol. The van der Waals surface area contributed by atoms with Crippen molar-refractivity contribution >= 4 is 11.8 Å². The second kappa shape index (κ2) is 4.83. The largest absolute Gasteiger partial charge is 0.478 e. The lowest BCUT2D eigenvalue weighted by Gasteiger charge is -2.26. The summed E-state index contributed by atoms with van der Waals surface area (Å²) in [4.78, 5) is 18.2. The summed E-state index contributed by atoms with van der Waals surface area (Å²) in [5.41, 5.74) is 1.01. The third-order valence-corrected chi connectivity index (χ3v) is 3.67. The van der Waals surface area contributed by atoms with Gasteiger partial charge in [-0.25, -0.2) is 9.78 Å². The topological polar surface area (TPSA) is 53.4 Å². The van der Waals surface area contributed by atoms with Gasteiger partial charge in [0.15, 0.2) is 0 Å². The number of hydrogen-bond acceptors (Lipinski definition) is 3. The summed E-state index contributed by atoms with van der Waals surface area (Å²) in [6.45, 7) is 9.29. The van der Waals surface area contributed by atoms with E-state index in [-0.39, 0.29) is 5.41 Å². The molecule has 0 aliphatic carbocycles. The third kappa shape index (κ3) is 2.88. The fourth-order valence-electron chi connectivity index (χ4n) is 2.44. The van der Waals surface area contributed by atoms with Gasteiger partial charge in [-0.2, -0.15) is 0 Å². The van der Waals surface area contributed by atoms with Gasteiger partial charge in [-0.3, -0.25) is 0 Å². The summed E-state index contributed by atoms with van der Waals surface area (Å²) in [7, 11) is 0. The Balaban J connectivity index is 2.48. The van der Waals surface area contributed by atoms with Crippen LogP contribution in [0.5, 0.6) is 0 Å². The van der Waals surface area contributed by atoms with Crippen LogP contribution in [0.4, 0.5) is 5.82 Å². The predicted octanol–water partition coefficient (Wildman–Crippen LogP) is 3.07. The van der Waals surface area contributed by atoms with Gasteiger partial charge in [0.2, 0.25) is 0 Å². The Kier molecular flexibility index (Phi) is 3.52. The first kappa shape index (κ1) is 13.8. The maximum atomic E-state index is 11.3. The third-order valence-electron chi connectivity index (χ3n) is 3.67. The SMILES string of the molecule is CC1CCCN1c1cc(C(=O)O)cc(C(C)(C)C)n1. The van der Waals surface area contributed by atoms with Crippen molar-refractivity contribution in [2.75, 3.05) is 11.4 Å². The molecule has 104 valence electrons. The lowest BCUT2D eigenvalue weighted by atomic mass is 9.90. The van der Waals surface area contributed by atoms with Gasteiger partial charge in [0.1, 0.15) is 5.82 Å². The molecular weight excluding hydrogens is 240 g/mol. The summed E-state index contributed by atoms with van der Waals surface area (Å²) < 4.78 is 0. The van der Waals surface area contributed by atoms with E-state index < -0.39 is 5.97 Å². The summed E-state index contributed by atoms with van der Waals surface area (Å²) in [5, 5.41) is 9.26. The molecule has 0 saturated carbocycles. The minimum Gasteiger partial charge on any atom is -0.478 e. The molecule has 1 saturated heterocycles. The van der Waals surface area contributed by atoms with Gasteiger partial charge in [-0.05, 0) is 31.9 Å². The van der Waals surface area contributed by atoms with Gasteiger partial charge in [0.05, 0.1) is 5.56 Å². The zero-order valence-electron chi connectivity index (χ0n) is 12.1. The molecule has 1 aliphatic heterocycles. The minimum absolute atomic E-state index is 0.150. The maximum Gasteiger partial charge on any atom is 0.335 e. The van der Waals surface area contributed by atoms with E-state index in [2.05, 4.69) is 37.6 Å². The quantitative estimate of drug-likeness (QED) is 0.890. The van der Waals surface area contributed by atoms with Crippen LogP contribution in [-0.4, -0.2) is 28.6 Å². The van der Waals surface area contributed by atoms with Crippen molar-refractivity contribution in [3.63, 3.8) is 0 Å². The van der Waals surface area contributed by atoms with Crippen LogP contribution >= 0.6 is 0 Å². The molecule has 0 radical (unpaired) electrons. The Labute approximate surface area is 114 Å². The molecule has 0 bridgehead atoms. The first-order valence-electron chi connectivity index (χ1n) is 6.81. The van der Waals surface area contributed by atoms with Gasteiger partial charge in [0, 0.05) is 23.7 Å². The van der Waals surface area contributed by atoms with E-state index in [0.717, 1.165) is 30.9 Å². The number of carboxylic acids is 1. The zero-order chi connectivity index (χ0) is 14.2. The van der Waals surface area contributed by atoms with Gasteiger partial charge in [-0.1, -0.05) is 20.8 Å². The molecule has 2 rings (SSSR count). The van der Waals surface area contributed by atoms with Crippen molar-refractivity contribution in [2.45, 2.75) is 52.0 Å². The Morgan fingerprint density at radius 2 is 2.11 bits per heavy atom. The summed E-state index contributed by atoms with van der Waals surface area (Å²) in [6.07, 6.45) is 2.29. The molecule has 2 heterocycles. The molecule has 4 heteroatoms. The van der Waals surface area contributed by atoms with Crippen LogP contribution in [0, 0.1) is 0 Å². The number of rotatable bonds is 2. The highest BCUT2D eigenvalue weighted by molar-refractivity contribution is 5.88. The second-order valence-electron chi connectivity index (χ2n) is 6.34. The van der Waals surface area contributed by atoms with Crippen molar-refractivity contribution in [1.82, 2.24) is 4.98 Å². The number of nitrogens with zero attached hydrogens (tertiary/aromatic N) is 2. The van der Waals surface area contributed by atoms with E-state index in [1.807, 2.05) is 0 Å².